The summed E-state index contributed by atoms with van der Waals surface area (Å²) in [7, 11) is 0. The molecule has 1 amide bonds. The lowest BCUT2D eigenvalue weighted by molar-refractivity contribution is -0.126. The number of nitrogens with one attached hydrogen (secondary N) is 1. The molecule has 144 valence electrons. The highest BCUT2D eigenvalue weighted by atomic mass is 32.2. The number of aromatic nitrogens is 2. The summed E-state index contributed by atoms with van der Waals surface area (Å²) in [5.74, 6) is 2.71. The van der Waals surface area contributed by atoms with Gasteiger partial charge in [-0.1, -0.05) is 11.8 Å². The van der Waals surface area contributed by atoms with Gasteiger partial charge in [-0.2, -0.15) is 0 Å². The van der Waals surface area contributed by atoms with Crippen LogP contribution in [0.5, 0.6) is 0 Å². The minimum absolute atomic E-state index is 0.0799. The van der Waals surface area contributed by atoms with Crippen LogP contribution in [0.1, 0.15) is 55.9 Å². The van der Waals surface area contributed by atoms with Crippen molar-refractivity contribution in [2.45, 2.75) is 75.1 Å². The predicted octanol–water partition coefficient (Wildman–Crippen LogP) is 4.87. The summed E-state index contributed by atoms with van der Waals surface area (Å²) < 4.78 is 0. The molecule has 0 saturated heterocycles. The van der Waals surface area contributed by atoms with Crippen molar-refractivity contribution < 1.29 is 4.79 Å². The van der Waals surface area contributed by atoms with Crippen LogP contribution in [-0.2, 0) is 4.79 Å². The molecule has 4 saturated carbocycles. The second-order valence-corrected chi connectivity index (χ2v) is 11.6. The molecule has 6 rings (SSSR count). The molecule has 1 unspecified atom stereocenters. The van der Waals surface area contributed by atoms with Crippen molar-refractivity contribution in [1.82, 2.24) is 15.3 Å². The number of carbonyl (C=O) groups is 1. The molecule has 27 heavy (non-hydrogen) atoms. The molecule has 4 bridgehead atoms. The molecule has 2 aromatic rings. The summed E-state index contributed by atoms with van der Waals surface area (Å²) in [4.78, 5) is 24.3. The summed E-state index contributed by atoms with van der Waals surface area (Å²) in [6.07, 6.45) is 9.41. The Balaban J connectivity index is 1.33. The van der Waals surface area contributed by atoms with Crippen molar-refractivity contribution in [3.63, 3.8) is 0 Å². The minimum Gasteiger partial charge on any atom is -0.350 e. The second kappa shape index (κ2) is 6.45. The molecule has 4 nitrogen and oxygen atoms in total. The van der Waals surface area contributed by atoms with Gasteiger partial charge in [-0.25, -0.2) is 9.97 Å². The Morgan fingerprint density at radius 2 is 1.81 bits per heavy atom. The van der Waals surface area contributed by atoms with Crippen LogP contribution in [0.15, 0.2) is 11.4 Å². The number of thiophene rings is 1. The Morgan fingerprint density at radius 3 is 2.44 bits per heavy atom. The fourth-order valence-electron chi connectivity index (χ4n) is 6.09. The molecule has 2 heterocycles. The van der Waals surface area contributed by atoms with Gasteiger partial charge in [-0.15, -0.1) is 11.3 Å². The van der Waals surface area contributed by atoms with Gasteiger partial charge < -0.3 is 5.32 Å². The topological polar surface area (TPSA) is 54.9 Å². The molecular formula is C21H27N3OS2. The third kappa shape index (κ3) is 3.09. The van der Waals surface area contributed by atoms with E-state index in [4.69, 9.17) is 0 Å². The summed E-state index contributed by atoms with van der Waals surface area (Å²) in [6, 6.07) is 0. The number of aryl methyl sites for hydroxylation is 2. The largest absolute Gasteiger partial charge is 0.350 e. The summed E-state index contributed by atoms with van der Waals surface area (Å²) >= 11 is 3.29. The maximum absolute atomic E-state index is 13.1. The number of thioether (sulfide) groups is 1. The zero-order valence-electron chi connectivity index (χ0n) is 16.2. The van der Waals surface area contributed by atoms with E-state index in [1.165, 1.54) is 49.0 Å². The van der Waals surface area contributed by atoms with Crippen molar-refractivity contribution in [2.24, 2.45) is 17.8 Å². The molecule has 4 aliphatic carbocycles. The molecule has 4 fully saturated rings. The third-order valence-corrected chi connectivity index (χ3v) is 9.23. The first kappa shape index (κ1) is 17.9. The molecule has 4 aliphatic rings. The molecule has 0 aliphatic heterocycles. The zero-order chi connectivity index (χ0) is 18.8. The summed E-state index contributed by atoms with van der Waals surface area (Å²) in [6.45, 7) is 6.27. The SMILES string of the molecule is Cc1sc2ncnc(SC(C)C(=O)NC34CC5CC(CC(C5)C3)C4)c2c1C. The van der Waals surface area contributed by atoms with E-state index >= 15 is 0 Å². The zero-order valence-corrected chi connectivity index (χ0v) is 17.9. The first-order valence-electron chi connectivity index (χ1n) is 10.1. The number of amides is 1. The number of carbonyl (C=O) groups excluding carboxylic acids is 1. The molecule has 6 heteroatoms. The average Bonchev–Trinajstić information content (AvgIpc) is 2.88. The second-order valence-electron chi connectivity index (χ2n) is 9.09. The Labute approximate surface area is 168 Å². The lowest BCUT2D eigenvalue weighted by atomic mass is 9.53. The molecule has 0 spiro atoms. The van der Waals surface area contributed by atoms with E-state index in [2.05, 4.69) is 29.1 Å². The van der Waals surface area contributed by atoms with E-state index in [1.807, 2.05) is 6.92 Å². The smallest absolute Gasteiger partial charge is 0.233 e. The van der Waals surface area contributed by atoms with Gasteiger partial charge in [-0.05, 0) is 82.6 Å². The number of hydrogen-bond acceptors (Lipinski definition) is 5. The van der Waals surface area contributed by atoms with E-state index in [0.29, 0.717) is 0 Å². The van der Waals surface area contributed by atoms with Crippen molar-refractivity contribution in [3.05, 3.63) is 16.8 Å². The first-order chi connectivity index (χ1) is 12.9. The van der Waals surface area contributed by atoms with Gasteiger partial charge in [0.25, 0.3) is 0 Å². The molecule has 0 aromatic carbocycles. The Morgan fingerprint density at radius 1 is 1.19 bits per heavy atom. The number of fused-ring (bicyclic) bond motifs is 1. The van der Waals surface area contributed by atoms with Crippen LogP contribution < -0.4 is 5.32 Å². The van der Waals surface area contributed by atoms with Crippen molar-refractivity contribution in [2.75, 3.05) is 0 Å². The van der Waals surface area contributed by atoms with Crippen molar-refractivity contribution >= 4 is 39.2 Å². The number of hydrogen-bond donors (Lipinski definition) is 1. The maximum Gasteiger partial charge on any atom is 0.233 e. The number of nitrogens with zero attached hydrogens (tertiary/aromatic N) is 2. The summed E-state index contributed by atoms with van der Waals surface area (Å²) in [5.41, 5.74) is 1.32. The Bertz CT molecular complexity index is 871. The van der Waals surface area contributed by atoms with E-state index in [0.717, 1.165) is 33.0 Å². The highest BCUT2D eigenvalue weighted by Crippen LogP contribution is 2.55. The van der Waals surface area contributed by atoms with Crippen LogP contribution in [0.4, 0.5) is 0 Å². The van der Waals surface area contributed by atoms with Crippen LogP contribution in [0.2, 0.25) is 0 Å². The molecule has 0 radical (unpaired) electrons. The summed E-state index contributed by atoms with van der Waals surface area (Å²) in [5, 5.41) is 5.43. The fraction of sp³-hybridized carbons (Fsp3) is 0.667. The quantitative estimate of drug-likeness (QED) is 0.586. The van der Waals surface area contributed by atoms with Gasteiger partial charge >= 0.3 is 0 Å². The van der Waals surface area contributed by atoms with E-state index in [9.17, 15) is 4.79 Å². The van der Waals surface area contributed by atoms with Gasteiger partial charge in [-0.3, -0.25) is 4.79 Å². The van der Waals surface area contributed by atoms with Crippen LogP contribution in [0, 0.1) is 31.6 Å². The Kier molecular flexibility index (Phi) is 4.28. The van der Waals surface area contributed by atoms with Crippen LogP contribution in [0.3, 0.4) is 0 Å². The van der Waals surface area contributed by atoms with E-state index in [-0.39, 0.29) is 16.7 Å². The fourth-order valence-corrected chi connectivity index (χ4v) is 8.13. The third-order valence-electron chi connectivity index (χ3n) is 7.01. The first-order valence-corrected chi connectivity index (χ1v) is 11.8. The predicted molar refractivity (Wildman–Crippen MR) is 111 cm³/mol. The lowest BCUT2D eigenvalue weighted by Crippen LogP contribution is -2.60. The van der Waals surface area contributed by atoms with E-state index < -0.39 is 0 Å². The molecule has 1 N–H and O–H groups in total. The Hall–Kier alpha value is -1.14. The van der Waals surface area contributed by atoms with Crippen LogP contribution >= 0.6 is 23.1 Å². The van der Waals surface area contributed by atoms with Crippen LogP contribution in [0.25, 0.3) is 10.2 Å². The average molecular weight is 402 g/mol. The number of rotatable bonds is 4. The minimum atomic E-state index is -0.143. The normalized spacial score (nSPS) is 32.8. The standard InChI is InChI=1S/C21H27N3OS2/c1-11-12(2)26-19-17(11)20(23-10-22-19)27-13(3)18(25)24-21-7-14-4-15(8-21)6-16(5-14)9-21/h10,13-16H,4-9H2,1-3H3,(H,24,25). The van der Waals surface area contributed by atoms with E-state index in [1.54, 1.807) is 29.4 Å². The van der Waals surface area contributed by atoms with Crippen LogP contribution in [-0.4, -0.2) is 26.7 Å². The van der Waals surface area contributed by atoms with Gasteiger partial charge in [0, 0.05) is 15.8 Å². The monoisotopic (exact) mass is 401 g/mol. The highest BCUT2D eigenvalue weighted by Gasteiger charge is 2.51. The van der Waals surface area contributed by atoms with Crippen molar-refractivity contribution in [3.8, 4) is 0 Å². The molecule has 1 atom stereocenters. The van der Waals surface area contributed by atoms with Crippen molar-refractivity contribution in [1.29, 1.82) is 0 Å². The van der Waals surface area contributed by atoms with Gasteiger partial charge in [0.05, 0.1) is 5.25 Å². The maximum atomic E-state index is 13.1. The molecular weight excluding hydrogens is 374 g/mol. The van der Waals surface area contributed by atoms with Gasteiger partial charge in [0.1, 0.15) is 16.2 Å². The van der Waals surface area contributed by atoms with Gasteiger partial charge in [0.15, 0.2) is 0 Å². The molecule has 2 aromatic heterocycles. The highest BCUT2D eigenvalue weighted by molar-refractivity contribution is 8.00. The lowest BCUT2D eigenvalue weighted by Gasteiger charge is -2.57. The van der Waals surface area contributed by atoms with Gasteiger partial charge in [0.2, 0.25) is 5.91 Å².